The average molecular weight is 511 g/mol. The number of hydrogen-bond donors (Lipinski definition) is 0. The van der Waals surface area contributed by atoms with Gasteiger partial charge in [0.2, 0.25) is 0 Å². The molecule has 0 N–H and O–H groups in total. The van der Waals surface area contributed by atoms with E-state index in [1.165, 1.54) is 0 Å². The number of alkyl halides is 6. The van der Waals surface area contributed by atoms with Crippen LogP contribution in [0.5, 0.6) is 0 Å². The van der Waals surface area contributed by atoms with Gasteiger partial charge < -0.3 is 0 Å². The Balaban J connectivity index is 0. The Morgan fingerprint density at radius 2 is 0.500 bits per heavy atom. The van der Waals surface area contributed by atoms with Crippen LogP contribution in [0.3, 0.4) is 0 Å². The van der Waals surface area contributed by atoms with E-state index >= 15 is 0 Å². The van der Waals surface area contributed by atoms with E-state index in [-0.39, 0.29) is 33.5 Å². The Hall–Kier alpha value is 2.72. The van der Waals surface area contributed by atoms with Crippen LogP contribution in [0.4, 0.5) is 0 Å². The molecule has 0 aliphatic heterocycles. The van der Waals surface area contributed by atoms with Gasteiger partial charge in [-0.15, -0.1) is 82.0 Å². The average Bonchev–Trinajstić information content (AvgIpc) is 2.08. The van der Waals surface area contributed by atoms with Crippen LogP contribution in [-0.2, 0) is 21.1 Å². The van der Waals surface area contributed by atoms with Gasteiger partial charge in [-0.05, 0) is 0 Å². The molecule has 0 amide bonds. The normalized spacial score (nSPS) is 47.6. The molecule has 0 radical (unpaired) electrons. The summed E-state index contributed by atoms with van der Waals surface area (Å²) in [6.07, 6.45) is 0. The van der Waals surface area contributed by atoms with Crippen LogP contribution < -0.4 is 0 Å². The molecule has 0 aromatic carbocycles. The van der Waals surface area contributed by atoms with Gasteiger partial charge in [-0.3, -0.25) is 0 Å². The fourth-order valence-corrected chi connectivity index (χ4v) is 3.38. The molecule has 0 saturated heterocycles. The summed E-state index contributed by atoms with van der Waals surface area (Å²) in [5.41, 5.74) is 0. The molecule has 14 heavy (non-hydrogen) atoms. The quantitative estimate of drug-likeness (QED) is 0.431. The molecule has 0 aromatic rings. The zero-order valence-corrected chi connectivity index (χ0v) is 14.8. The van der Waals surface area contributed by atoms with Gasteiger partial charge in [-0.2, -0.15) is 0 Å². The fourth-order valence-electron chi connectivity index (χ4n) is 1.05. The van der Waals surface area contributed by atoms with E-state index in [2.05, 4.69) is 0 Å². The summed E-state index contributed by atoms with van der Waals surface area (Å²) < 4.78 is 0. The molecule has 1 saturated carbocycles. The van der Waals surface area contributed by atoms with Gasteiger partial charge in [0.25, 0.3) is 0 Å². The maximum Gasteiger partial charge on any atom is 0.0693 e. The first-order chi connectivity index (χ1) is 5.46. The van der Waals surface area contributed by atoms with Crippen LogP contribution in [0.1, 0.15) is 0 Å². The van der Waals surface area contributed by atoms with Gasteiger partial charge in [0.05, 0.1) is 32.3 Å². The second-order valence-corrected chi connectivity index (χ2v) is 5.69. The maximum absolute atomic E-state index is 5.88. The topological polar surface area (TPSA) is 0 Å². The minimum Gasteiger partial charge on any atom is -0.147 e. The van der Waals surface area contributed by atoms with Gasteiger partial charge in [-0.1, -0.05) is 0 Å². The second-order valence-electron chi connectivity index (χ2n) is 2.67. The standard InChI is InChI=1S/C6H6Cl6.ClH.W/c7-1-2(8)4(10)6(12)5(11)3(1)9;;/h1-6H;1H;/t1-,2-,3-,4+,5+,6+;;. The molecule has 0 heterocycles. The first-order valence-corrected chi connectivity index (χ1v) is 5.93. The molecule has 0 spiro atoms. The van der Waals surface area contributed by atoms with Crippen LogP contribution in [0, 0.1) is 0 Å². The van der Waals surface area contributed by atoms with Gasteiger partial charge in [0.1, 0.15) is 0 Å². The van der Waals surface area contributed by atoms with Crippen molar-refractivity contribution in [2.75, 3.05) is 0 Å². The molecule has 86 valence electrons. The van der Waals surface area contributed by atoms with E-state index in [0.717, 1.165) is 0 Å². The summed E-state index contributed by atoms with van der Waals surface area (Å²) in [6, 6.07) is 0. The first-order valence-electron chi connectivity index (χ1n) is 3.31. The van der Waals surface area contributed by atoms with Crippen LogP contribution in [0.2, 0.25) is 0 Å². The van der Waals surface area contributed by atoms with Crippen molar-refractivity contribution in [2.24, 2.45) is 0 Å². The summed E-state index contributed by atoms with van der Waals surface area (Å²) in [6.45, 7) is 0. The van der Waals surface area contributed by atoms with Gasteiger partial charge in [0, 0.05) is 21.1 Å². The van der Waals surface area contributed by atoms with E-state index < -0.39 is 32.3 Å². The summed E-state index contributed by atoms with van der Waals surface area (Å²) >= 11 is 35.3. The van der Waals surface area contributed by atoms with E-state index in [1.807, 2.05) is 0 Å². The summed E-state index contributed by atoms with van der Waals surface area (Å²) in [5, 5.41) is -2.62. The van der Waals surface area contributed by atoms with E-state index in [1.54, 1.807) is 0 Å². The van der Waals surface area contributed by atoms with Crippen LogP contribution in [0.15, 0.2) is 0 Å². The van der Waals surface area contributed by atoms with E-state index in [9.17, 15) is 0 Å². The maximum atomic E-state index is 5.88. The number of halogens is 7. The Morgan fingerprint density at radius 3 is 0.571 bits per heavy atom. The Kier molecular flexibility index (Phi) is 10.8. The minimum atomic E-state index is -0.437. The number of rotatable bonds is 0. The molecule has 1 aliphatic rings. The predicted molar refractivity (Wildman–Crippen MR) is 65.1 cm³/mol. The first kappa shape index (κ1) is 19.1. The Labute approximate surface area is 134 Å². The Bertz CT molecular complexity index is 110. The molecule has 0 atom stereocenters. The molecule has 0 bridgehead atoms. The summed E-state index contributed by atoms with van der Waals surface area (Å²) in [5.74, 6) is 0. The van der Waals surface area contributed by atoms with Crippen molar-refractivity contribution >= 4 is 82.0 Å². The molecule has 0 unspecified atom stereocenters. The van der Waals surface area contributed by atoms with Gasteiger partial charge >= 0.3 is 0 Å². The predicted octanol–water partition coefficient (Wildman–Crippen LogP) is 4.06. The van der Waals surface area contributed by atoms with E-state index in [0.29, 0.717) is 0 Å². The van der Waals surface area contributed by atoms with Gasteiger partial charge in [0.15, 0.2) is 0 Å². The van der Waals surface area contributed by atoms with Gasteiger partial charge in [-0.25, -0.2) is 0 Å². The molecule has 0 nitrogen and oxygen atoms in total. The minimum absolute atomic E-state index is 0. The SMILES string of the molecule is Cl.Cl[C@H]1[C@H](Cl)[C@@H](Cl)[C@@H](Cl)[C@H](Cl)[C@H]1Cl.[W]. The zero-order valence-electron chi connectivity index (χ0n) is 6.55. The van der Waals surface area contributed by atoms with Crippen molar-refractivity contribution in [1.82, 2.24) is 0 Å². The van der Waals surface area contributed by atoms with Crippen molar-refractivity contribution < 1.29 is 21.1 Å². The molecule has 0 aromatic heterocycles. The fraction of sp³-hybridized carbons (Fsp3) is 1.00. The van der Waals surface area contributed by atoms with Crippen LogP contribution >= 0.6 is 82.0 Å². The van der Waals surface area contributed by atoms with E-state index in [4.69, 9.17) is 69.6 Å². The van der Waals surface area contributed by atoms with Crippen LogP contribution in [0.25, 0.3) is 0 Å². The van der Waals surface area contributed by atoms with Crippen LogP contribution in [-0.4, -0.2) is 32.3 Å². The van der Waals surface area contributed by atoms with Crippen molar-refractivity contribution in [3.63, 3.8) is 0 Å². The van der Waals surface area contributed by atoms with Crippen molar-refractivity contribution in [3.05, 3.63) is 0 Å². The van der Waals surface area contributed by atoms with Crippen molar-refractivity contribution in [1.29, 1.82) is 0 Å². The third-order valence-electron chi connectivity index (χ3n) is 1.83. The molecule has 8 heteroatoms. The van der Waals surface area contributed by atoms with Crippen molar-refractivity contribution in [3.8, 4) is 0 Å². The molecule has 1 fully saturated rings. The third kappa shape index (κ3) is 3.88. The summed E-state index contributed by atoms with van der Waals surface area (Å²) in [7, 11) is 0. The largest absolute Gasteiger partial charge is 0.147 e. The smallest absolute Gasteiger partial charge is 0.0693 e. The summed E-state index contributed by atoms with van der Waals surface area (Å²) in [4.78, 5) is 0. The Morgan fingerprint density at radius 1 is 0.429 bits per heavy atom. The molecular weight excluding hydrogens is 504 g/mol. The second kappa shape index (κ2) is 7.93. The third-order valence-corrected chi connectivity index (χ3v) is 5.86. The number of hydrogen-bond acceptors (Lipinski definition) is 0. The molecule has 1 aliphatic carbocycles. The monoisotopic (exact) mass is 508 g/mol. The molecular formula is C6H7Cl7W. The zero-order chi connectivity index (χ0) is 9.46. The van der Waals surface area contributed by atoms with Crippen molar-refractivity contribution in [2.45, 2.75) is 32.3 Å². The molecule has 1 rings (SSSR count).